The van der Waals surface area contributed by atoms with E-state index in [2.05, 4.69) is 76.3 Å². The fourth-order valence-electron chi connectivity index (χ4n) is 3.49. The maximum Gasteiger partial charge on any atom is 0.191 e. The topological polar surface area (TPSA) is 66.6 Å². The average molecular weight is 526 g/mol. The average Bonchev–Trinajstić information content (AvgIpc) is 3.22. The first-order valence-corrected chi connectivity index (χ1v) is 10.3. The summed E-state index contributed by atoms with van der Waals surface area (Å²) in [5, 5.41) is 15.3. The van der Waals surface area contributed by atoms with Gasteiger partial charge in [-0.25, -0.2) is 4.99 Å². The zero-order chi connectivity index (χ0) is 20.6. The van der Waals surface area contributed by atoms with Gasteiger partial charge in [0.05, 0.1) is 0 Å². The number of fused-ring (bicyclic) bond motifs is 1. The van der Waals surface area contributed by atoms with Crippen LogP contribution in [-0.2, 0) is 6.54 Å². The van der Waals surface area contributed by atoms with E-state index in [1.165, 1.54) is 11.1 Å². The van der Waals surface area contributed by atoms with Gasteiger partial charge < -0.3 is 10.6 Å². The fraction of sp³-hybridized carbons (Fsp3) is 0.208. The van der Waals surface area contributed by atoms with Gasteiger partial charge in [-0.3, -0.25) is 4.40 Å². The predicted molar refractivity (Wildman–Crippen MR) is 136 cm³/mol. The van der Waals surface area contributed by atoms with Crippen molar-refractivity contribution < 1.29 is 0 Å². The van der Waals surface area contributed by atoms with Crippen LogP contribution >= 0.6 is 24.0 Å². The Morgan fingerprint density at radius 1 is 0.871 bits per heavy atom. The Bertz CT molecular complexity index is 1060. The molecule has 160 valence electrons. The second kappa shape index (κ2) is 11.5. The minimum Gasteiger partial charge on any atom is -0.357 e. The molecule has 4 aromatic rings. The largest absolute Gasteiger partial charge is 0.357 e. The van der Waals surface area contributed by atoms with Crippen LogP contribution in [0.15, 0.2) is 90.1 Å². The lowest BCUT2D eigenvalue weighted by atomic mass is 9.91. The molecule has 0 atom stereocenters. The third kappa shape index (κ3) is 5.81. The van der Waals surface area contributed by atoms with Gasteiger partial charge >= 0.3 is 0 Å². The number of benzene rings is 2. The van der Waals surface area contributed by atoms with E-state index in [4.69, 9.17) is 4.99 Å². The molecule has 0 aliphatic carbocycles. The van der Waals surface area contributed by atoms with Crippen molar-refractivity contribution in [1.29, 1.82) is 0 Å². The van der Waals surface area contributed by atoms with E-state index in [1.54, 1.807) is 0 Å². The number of halogens is 1. The number of hydrogen-bond acceptors (Lipinski definition) is 3. The molecule has 2 aromatic heterocycles. The summed E-state index contributed by atoms with van der Waals surface area (Å²) in [6.07, 6.45) is 1.96. The summed E-state index contributed by atoms with van der Waals surface area (Å²) in [6, 6.07) is 27.0. The molecule has 0 aliphatic rings. The molecule has 0 radical (unpaired) electrons. The van der Waals surface area contributed by atoms with Gasteiger partial charge in [0.25, 0.3) is 0 Å². The molecule has 0 amide bonds. The van der Waals surface area contributed by atoms with Crippen LogP contribution in [0.1, 0.15) is 29.8 Å². The van der Waals surface area contributed by atoms with Gasteiger partial charge in [-0.15, -0.1) is 34.2 Å². The minimum absolute atomic E-state index is 0. The maximum absolute atomic E-state index is 4.74. The Morgan fingerprint density at radius 3 is 2.16 bits per heavy atom. The molecule has 0 saturated heterocycles. The van der Waals surface area contributed by atoms with E-state index in [-0.39, 0.29) is 29.9 Å². The van der Waals surface area contributed by atoms with E-state index in [0.717, 1.165) is 30.5 Å². The van der Waals surface area contributed by atoms with Gasteiger partial charge in [-0.05, 0) is 30.2 Å². The summed E-state index contributed by atoms with van der Waals surface area (Å²) < 4.78 is 1.96. The van der Waals surface area contributed by atoms with Crippen LogP contribution in [0, 0.1) is 0 Å². The summed E-state index contributed by atoms with van der Waals surface area (Å²) in [5.74, 6) is 1.80. The number of nitrogens with one attached hydrogen (secondary N) is 2. The van der Waals surface area contributed by atoms with Crippen LogP contribution in [0.5, 0.6) is 0 Å². The van der Waals surface area contributed by atoms with Crippen molar-refractivity contribution in [3.8, 4) is 0 Å². The zero-order valence-electron chi connectivity index (χ0n) is 17.5. The molecule has 2 aromatic carbocycles. The first-order chi connectivity index (χ1) is 14.8. The molecule has 0 aliphatic heterocycles. The number of guanidine groups is 1. The van der Waals surface area contributed by atoms with Crippen LogP contribution in [0.4, 0.5) is 0 Å². The van der Waals surface area contributed by atoms with Crippen molar-refractivity contribution in [2.24, 2.45) is 4.99 Å². The molecular weight excluding hydrogens is 499 g/mol. The van der Waals surface area contributed by atoms with Crippen molar-refractivity contribution in [3.05, 3.63) is 102 Å². The number of hydrogen-bond donors (Lipinski definition) is 2. The maximum atomic E-state index is 4.74. The Balaban J connectivity index is 0.00000272. The van der Waals surface area contributed by atoms with Crippen molar-refractivity contribution in [1.82, 2.24) is 25.2 Å². The van der Waals surface area contributed by atoms with Crippen LogP contribution in [0.2, 0.25) is 0 Å². The van der Waals surface area contributed by atoms with Crippen molar-refractivity contribution >= 4 is 35.6 Å². The Kier molecular flexibility index (Phi) is 8.40. The number of pyridine rings is 1. The highest BCUT2D eigenvalue weighted by molar-refractivity contribution is 14.0. The molecule has 2 heterocycles. The lowest BCUT2D eigenvalue weighted by Crippen LogP contribution is -2.39. The Labute approximate surface area is 199 Å². The SMILES string of the molecule is CCNC(=NCc1nnc2ccccn12)NCC(c1ccccc1)c1ccccc1.I. The summed E-state index contributed by atoms with van der Waals surface area (Å²) in [5.41, 5.74) is 3.37. The Morgan fingerprint density at radius 2 is 1.52 bits per heavy atom. The normalized spacial score (nSPS) is 11.4. The quantitative estimate of drug-likeness (QED) is 0.215. The minimum atomic E-state index is 0. The monoisotopic (exact) mass is 526 g/mol. The van der Waals surface area contributed by atoms with E-state index in [1.807, 2.05) is 40.9 Å². The molecule has 31 heavy (non-hydrogen) atoms. The van der Waals surface area contributed by atoms with Gasteiger partial charge in [0.15, 0.2) is 17.4 Å². The van der Waals surface area contributed by atoms with Gasteiger partial charge in [0.1, 0.15) is 6.54 Å². The lowest BCUT2D eigenvalue weighted by Gasteiger charge is -2.20. The van der Waals surface area contributed by atoms with Gasteiger partial charge in [0, 0.05) is 25.2 Å². The van der Waals surface area contributed by atoms with E-state index >= 15 is 0 Å². The summed E-state index contributed by atoms with van der Waals surface area (Å²) in [6.45, 7) is 4.03. The molecule has 0 unspecified atom stereocenters. The second-order valence-electron chi connectivity index (χ2n) is 7.00. The predicted octanol–water partition coefficient (Wildman–Crippen LogP) is 4.23. The highest BCUT2D eigenvalue weighted by atomic mass is 127. The molecule has 0 fully saturated rings. The van der Waals surface area contributed by atoms with Crippen LogP contribution < -0.4 is 10.6 Å². The smallest absolute Gasteiger partial charge is 0.191 e. The molecule has 4 rings (SSSR count). The third-order valence-electron chi connectivity index (χ3n) is 4.98. The summed E-state index contributed by atoms with van der Waals surface area (Å²) in [7, 11) is 0. The molecule has 0 bridgehead atoms. The number of rotatable bonds is 7. The molecular formula is C24H27IN6. The summed E-state index contributed by atoms with van der Waals surface area (Å²) >= 11 is 0. The van der Waals surface area contributed by atoms with E-state index < -0.39 is 0 Å². The van der Waals surface area contributed by atoms with Crippen LogP contribution in [0.25, 0.3) is 5.65 Å². The second-order valence-corrected chi connectivity index (χ2v) is 7.00. The highest BCUT2D eigenvalue weighted by Gasteiger charge is 2.14. The Hall–Kier alpha value is -2.94. The molecule has 0 spiro atoms. The number of aliphatic imine (C=N–C) groups is 1. The zero-order valence-corrected chi connectivity index (χ0v) is 19.8. The van der Waals surface area contributed by atoms with Crippen LogP contribution in [-0.4, -0.2) is 33.6 Å². The number of aromatic nitrogens is 3. The molecule has 6 nitrogen and oxygen atoms in total. The van der Waals surface area contributed by atoms with E-state index in [9.17, 15) is 0 Å². The van der Waals surface area contributed by atoms with Crippen molar-refractivity contribution in [3.63, 3.8) is 0 Å². The van der Waals surface area contributed by atoms with Crippen molar-refractivity contribution in [2.75, 3.05) is 13.1 Å². The third-order valence-corrected chi connectivity index (χ3v) is 4.98. The van der Waals surface area contributed by atoms with Gasteiger partial charge in [-0.1, -0.05) is 66.7 Å². The fourth-order valence-corrected chi connectivity index (χ4v) is 3.49. The highest BCUT2D eigenvalue weighted by Crippen LogP contribution is 2.23. The molecule has 7 heteroatoms. The molecule has 0 saturated carbocycles. The van der Waals surface area contributed by atoms with Crippen LogP contribution in [0.3, 0.4) is 0 Å². The molecule has 2 N–H and O–H groups in total. The standard InChI is InChI=1S/C24H26N6.HI/c1-2-25-24(27-18-23-29-28-22-15-9-10-16-30(22)23)26-17-21(19-11-5-3-6-12-19)20-13-7-4-8-14-20;/h3-16,21H,2,17-18H2,1H3,(H2,25,26,27);1H. The van der Waals surface area contributed by atoms with Gasteiger partial charge in [0.2, 0.25) is 0 Å². The first kappa shape index (κ1) is 22.7. The first-order valence-electron chi connectivity index (χ1n) is 10.3. The van der Waals surface area contributed by atoms with Crippen molar-refractivity contribution in [2.45, 2.75) is 19.4 Å². The van der Waals surface area contributed by atoms with E-state index in [0.29, 0.717) is 6.54 Å². The van der Waals surface area contributed by atoms with Gasteiger partial charge in [-0.2, -0.15) is 0 Å². The number of nitrogens with zero attached hydrogens (tertiary/aromatic N) is 4. The lowest BCUT2D eigenvalue weighted by molar-refractivity contribution is 0.726. The summed E-state index contributed by atoms with van der Waals surface area (Å²) in [4.78, 5) is 4.74.